The lowest BCUT2D eigenvalue weighted by Crippen LogP contribution is -2.52. The molecule has 0 spiro atoms. The van der Waals surface area contributed by atoms with Crippen molar-refractivity contribution in [3.8, 4) is 0 Å². The molecule has 0 aliphatic heterocycles. The molecule has 0 saturated heterocycles. The minimum atomic E-state index is -0.369. The molecular weight excluding hydrogens is 276 g/mol. The quantitative estimate of drug-likeness (QED) is 0.757. The van der Waals surface area contributed by atoms with Crippen LogP contribution in [0.2, 0.25) is 0 Å². The largest absolute Gasteiger partial charge is 0.393 e. The molecule has 1 unspecified atom stereocenters. The van der Waals surface area contributed by atoms with E-state index in [4.69, 9.17) is 0 Å². The number of hydrogen-bond acceptors (Lipinski definition) is 3. The average Bonchev–Trinajstić information content (AvgIpc) is 2.82. The zero-order valence-corrected chi connectivity index (χ0v) is 13.4. The van der Waals surface area contributed by atoms with E-state index in [0.717, 1.165) is 44.1 Å². The summed E-state index contributed by atoms with van der Waals surface area (Å²) in [7, 11) is 0. The zero-order valence-electron chi connectivity index (χ0n) is 13.4. The molecule has 0 aromatic rings. The fourth-order valence-corrected chi connectivity index (χ4v) is 6.47. The minimum absolute atomic E-state index is 0.0525. The van der Waals surface area contributed by atoms with E-state index in [9.17, 15) is 14.7 Å². The summed E-state index contributed by atoms with van der Waals surface area (Å²) in [4.78, 5) is 23.9. The number of hydrogen-bond donors (Lipinski definition) is 1. The summed E-state index contributed by atoms with van der Waals surface area (Å²) < 4.78 is 0. The van der Waals surface area contributed by atoms with Crippen LogP contribution in [-0.4, -0.2) is 23.3 Å². The summed E-state index contributed by atoms with van der Waals surface area (Å²) in [6, 6.07) is 0. The minimum Gasteiger partial charge on any atom is -0.393 e. The van der Waals surface area contributed by atoms with E-state index in [-0.39, 0.29) is 22.7 Å². The first-order valence-electron chi connectivity index (χ1n) is 8.89. The van der Waals surface area contributed by atoms with Crippen LogP contribution in [0.25, 0.3) is 0 Å². The molecule has 3 nitrogen and oxygen atoms in total. The van der Waals surface area contributed by atoms with Crippen molar-refractivity contribution >= 4 is 12.1 Å². The summed E-state index contributed by atoms with van der Waals surface area (Å²) in [6.07, 6.45) is 10.1. The molecule has 0 amide bonds. The molecule has 0 heterocycles. The molecule has 0 aromatic heterocycles. The van der Waals surface area contributed by atoms with Crippen molar-refractivity contribution in [2.75, 3.05) is 0 Å². The zero-order chi connectivity index (χ0) is 15.5. The Balaban J connectivity index is 1.73. The molecule has 120 valence electrons. The number of aldehydes is 1. The SMILES string of the molecule is C[C@]12CC[C@H]3[C@@H](CCC4=CC(=O)CC[C@@]43C=O)C1CC[C@@H]2O. The predicted molar refractivity (Wildman–Crippen MR) is 83.1 cm³/mol. The van der Waals surface area contributed by atoms with Crippen molar-refractivity contribution in [1.29, 1.82) is 0 Å². The molecule has 0 bridgehead atoms. The lowest BCUT2D eigenvalue weighted by atomic mass is 9.47. The Morgan fingerprint density at radius 3 is 2.73 bits per heavy atom. The molecule has 0 radical (unpaired) electrons. The van der Waals surface area contributed by atoms with Gasteiger partial charge in [0.15, 0.2) is 5.78 Å². The Labute approximate surface area is 132 Å². The Morgan fingerprint density at radius 1 is 1.14 bits per heavy atom. The van der Waals surface area contributed by atoms with E-state index in [2.05, 4.69) is 6.92 Å². The topological polar surface area (TPSA) is 54.4 Å². The third-order valence-corrected chi connectivity index (χ3v) is 7.72. The standard InChI is InChI=1S/C19H26O3/c1-18-8-7-16-14(15(18)4-5-17(18)22)3-2-12-10-13(21)6-9-19(12,16)11-20/h10-11,14-17,22H,2-9H2,1H3/t14-,15?,16-,17-,18-,19+/m0/s1. The summed E-state index contributed by atoms with van der Waals surface area (Å²) in [5, 5.41) is 10.4. The van der Waals surface area contributed by atoms with Crippen LogP contribution < -0.4 is 0 Å². The van der Waals surface area contributed by atoms with Crippen molar-refractivity contribution < 1.29 is 14.7 Å². The second-order valence-corrected chi connectivity index (χ2v) is 8.35. The third-order valence-electron chi connectivity index (χ3n) is 7.72. The van der Waals surface area contributed by atoms with Gasteiger partial charge in [0.1, 0.15) is 6.29 Å². The number of allylic oxidation sites excluding steroid dienone is 1. The third kappa shape index (κ3) is 1.72. The molecule has 4 aliphatic rings. The highest BCUT2D eigenvalue weighted by Crippen LogP contribution is 2.64. The lowest BCUT2D eigenvalue weighted by molar-refractivity contribution is -0.130. The number of fused-ring (bicyclic) bond motifs is 5. The van der Waals surface area contributed by atoms with Gasteiger partial charge in [0.25, 0.3) is 0 Å². The summed E-state index contributed by atoms with van der Waals surface area (Å²) >= 11 is 0. The molecule has 22 heavy (non-hydrogen) atoms. The Bertz CT molecular complexity index is 551. The number of carbonyl (C=O) groups excluding carboxylic acids is 2. The summed E-state index contributed by atoms with van der Waals surface area (Å²) in [5.74, 6) is 1.69. The molecule has 4 rings (SSSR count). The van der Waals surface area contributed by atoms with Crippen molar-refractivity contribution in [1.82, 2.24) is 0 Å². The van der Waals surface area contributed by atoms with Crippen LogP contribution in [0, 0.1) is 28.6 Å². The van der Waals surface area contributed by atoms with Crippen LogP contribution in [0.1, 0.15) is 58.3 Å². The van der Waals surface area contributed by atoms with Gasteiger partial charge in [0, 0.05) is 6.42 Å². The number of aliphatic hydroxyl groups is 1. The van der Waals surface area contributed by atoms with Gasteiger partial charge in [-0.15, -0.1) is 0 Å². The van der Waals surface area contributed by atoms with E-state index >= 15 is 0 Å². The van der Waals surface area contributed by atoms with Crippen LogP contribution in [0.15, 0.2) is 11.6 Å². The Hall–Kier alpha value is -0.960. The average molecular weight is 302 g/mol. The molecule has 4 aliphatic carbocycles. The van der Waals surface area contributed by atoms with Crippen molar-refractivity contribution in [3.63, 3.8) is 0 Å². The highest BCUT2D eigenvalue weighted by Gasteiger charge is 2.60. The van der Waals surface area contributed by atoms with Crippen LogP contribution in [0.4, 0.5) is 0 Å². The van der Waals surface area contributed by atoms with Crippen molar-refractivity contribution in [2.45, 2.75) is 64.4 Å². The van der Waals surface area contributed by atoms with Gasteiger partial charge in [-0.1, -0.05) is 12.5 Å². The van der Waals surface area contributed by atoms with Crippen LogP contribution >= 0.6 is 0 Å². The van der Waals surface area contributed by atoms with E-state index in [0.29, 0.717) is 30.6 Å². The Morgan fingerprint density at radius 2 is 1.95 bits per heavy atom. The maximum Gasteiger partial charge on any atom is 0.155 e. The molecule has 3 heteroatoms. The maximum atomic E-state index is 12.1. The lowest BCUT2D eigenvalue weighted by Gasteiger charge is -2.56. The van der Waals surface area contributed by atoms with Gasteiger partial charge < -0.3 is 9.90 Å². The first kappa shape index (κ1) is 14.6. The summed E-state index contributed by atoms with van der Waals surface area (Å²) in [5.41, 5.74) is 0.796. The molecule has 6 atom stereocenters. The predicted octanol–water partition coefficient (Wildman–Crippen LogP) is 3.06. The first-order valence-corrected chi connectivity index (χ1v) is 8.89. The van der Waals surface area contributed by atoms with Gasteiger partial charge in [-0.05, 0) is 74.2 Å². The van der Waals surface area contributed by atoms with Gasteiger partial charge in [0.05, 0.1) is 11.5 Å². The van der Waals surface area contributed by atoms with Crippen molar-refractivity contribution in [2.24, 2.45) is 28.6 Å². The van der Waals surface area contributed by atoms with E-state index in [1.54, 1.807) is 6.08 Å². The highest BCUT2D eigenvalue weighted by atomic mass is 16.3. The number of ketones is 1. The van der Waals surface area contributed by atoms with Crippen LogP contribution in [0.5, 0.6) is 0 Å². The highest BCUT2D eigenvalue weighted by molar-refractivity contribution is 5.93. The van der Waals surface area contributed by atoms with E-state index < -0.39 is 0 Å². The van der Waals surface area contributed by atoms with Gasteiger partial charge in [-0.2, -0.15) is 0 Å². The molecule has 3 fully saturated rings. The Kier molecular flexibility index (Phi) is 3.17. The van der Waals surface area contributed by atoms with E-state index in [1.807, 2.05) is 0 Å². The fourth-order valence-electron chi connectivity index (χ4n) is 6.47. The molecule has 3 saturated carbocycles. The molecular formula is C19H26O3. The fraction of sp³-hybridized carbons (Fsp3) is 0.789. The van der Waals surface area contributed by atoms with Crippen LogP contribution in [-0.2, 0) is 9.59 Å². The number of carbonyl (C=O) groups is 2. The number of rotatable bonds is 1. The summed E-state index contributed by atoms with van der Waals surface area (Å²) in [6.45, 7) is 2.26. The smallest absolute Gasteiger partial charge is 0.155 e. The monoisotopic (exact) mass is 302 g/mol. The van der Waals surface area contributed by atoms with Crippen LogP contribution in [0.3, 0.4) is 0 Å². The number of aliphatic hydroxyl groups excluding tert-OH is 1. The van der Waals surface area contributed by atoms with Gasteiger partial charge in [0.2, 0.25) is 0 Å². The first-order chi connectivity index (χ1) is 10.5. The van der Waals surface area contributed by atoms with Gasteiger partial charge >= 0.3 is 0 Å². The van der Waals surface area contributed by atoms with Gasteiger partial charge in [-0.3, -0.25) is 4.79 Å². The normalized spacial score (nSPS) is 50.6. The van der Waals surface area contributed by atoms with E-state index in [1.165, 1.54) is 6.29 Å². The maximum absolute atomic E-state index is 12.1. The second-order valence-electron chi connectivity index (χ2n) is 8.35. The second kappa shape index (κ2) is 4.77. The molecule has 1 N–H and O–H groups in total. The molecule has 0 aromatic carbocycles. The van der Waals surface area contributed by atoms with Crippen molar-refractivity contribution in [3.05, 3.63) is 11.6 Å². The van der Waals surface area contributed by atoms with Gasteiger partial charge in [-0.25, -0.2) is 0 Å².